The summed E-state index contributed by atoms with van der Waals surface area (Å²) < 4.78 is 0.831. The molecule has 0 radical (unpaired) electrons. The van der Waals surface area contributed by atoms with Gasteiger partial charge in [-0.05, 0) is 64.3 Å². The Hall–Kier alpha value is -3.45. The number of rotatable bonds is 6. The predicted octanol–water partition coefficient (Wildman–Crippen LogP) is 5.15. The summed E-state index contributed by atoms with van der Waals surface area (Å²) in [4.78, 5) is 32.2. The summed E-state index contributed by atoms with van der Waals surface area (Å²) in [6.45, 7) is 0. The number of aromatic amines is 1. The summed E-state index contributed by atoms with van der Waals surface area (Å²) in [5, 5.41) is 6.74. The number of nitrogens with zero attached hydrogens (tertiary/aromatic N) is 1. The van der Waals surface area contributed by atoms with Crippen LogP contribution in [0.25, 0.3) is 10.9 Å². The number of fused-ring (bicyclic) bond motifs is 1. The Labute approximate surface area is 181 Å². The van der Waals surface area contributed by atoms with E-state index in [9.17, 15) is 9.59 Å². The average Bonchev–Trinajstić information content (AvgIpc) is 3.17. The zero-order chi connectivity index (χ0) is 20.9. The maximum Gasteiger partial charge on any atom is 0.256 e. The smallest absolute Gasteiger partial charge is 0.256 e. The van der Waals surface area contributed by atoms with Crippen LogP contribution in [0.2, 0.25) is 0 Å². The van der Waals surface area contributed by atoms with Crippen molar-refractivity contribution in [2.45, 2.75) is 12.8 Å². The fourth-order valence-corrected chi connectivity index (χ4v) is 3.42. The number of aromatic nitrogens is 2. The van der Waals surface area contributed by atoms with E-state index in [1.165, 1.54) is 0 Å². The molecule has 0 unspecified atom stereocenters. The maximum atomic E-state index is 12.5. The van der Waals surface area contributed by atoms with E-state index in [0.29, 0.717) is 29.9 Å². The number of H-pyrrole nitrogens is 1. The highest BCUT2D eigenvalue weighted by molar-refractivity contribution is 9.10. The van der Waals surface area contributed by atoms with Gasteiger partial charge < -0.3 is 15.6 Å². The Morgan fingerprint density at radius 3 is 2.70 bits per heavy atom. The minimum atomic E-state index is -0.292. The molecule has 7 heteroatoms. The molecule has 4 rings (SSSR count). The van der Waals surface area contributed by atoms with Crippen LogP contribution in [0.4, 0.5) is 11.5 Å². The van der Waals surface area contributed by atoms with Crippen molar-refractivity contribution in [1.29, 1.82) is 0 Å². The number of hydrogen-bond acceptors (Lipinski definition) is 3. The Bertz CT molecular complexity index is 1200. The molecular formula is C23H19BrN4O2. The number of pyridine rings is 1. The molecule has 3 N–H and O–H groups in total. The summed E-state index contributed by atoms with van der Waals surface area (Å²) >= 11 is 3.31. The minimum absolute atomic E-state index is 0.104. The second kappa shape index (κ2) is 8.92. The van der Waals surface area contributed by atoms with Crippen LogP contribution in [0.15, 0.2) is 77.5 Å². The van der Waals surface area contributed by atoms with E-state index < -0.39 is 0 Å². The molecule has 0 aliphatic carbocycles. The lowest BCUT2D eigenvalue weighted by Gasteiger charge is -2.08. The molecule has 0 saturated carbocycles. The Kier molecular flexibility index (Phi) is 5.90. The molecule has 0 fully saturated rings. The van der Waals surface area contributed by atoms with Crippen LogP contribution >= 0.6 is 15.9 Å². The van der Waals surface area contributed by atoms with Crippen molar-refractivity contribution in [2.24, 2.45) is 0 Å². The fourth-order valence-electron chi connectivity index (χ4n) is 3.19. The molecule has 0 aliphatic rings. The quantitative estimate of drug-likeness (QED) is 0.370. The van der Waals surface area contributed by atoms with Gasteiger partial charge in [0.2, 0.25) is 5.91 Å². The first-order valence-corrected chi connectivity index (χ1v) is 10.3. The SMILES string of the molecule is O=C(CCc1c[nH]c2ccccc12)Nc1cccc(C(=O)Nc2ccc(Br)cn2)c1. The summed E-state index contributed by atoms with van der Waals surface area (Å²) in [6, 6.07) is 18.4. The van der Waals surface area contributed by atoms with Crippen LogP contribution in [-0.2, 0) is 11.2 Å². The van der Waals surface area contributed by atoms with Crippen LogP contribution in [0.3, 0.4) is 0 Å². The average molecular weight is 463 g/mol. The lowest BCUT2D eigenvalue weighted by molar-refractivity contribution is -0.116. The summed E-state index contributed by atoms with van der Waals surface area (Å²) in [7, 11) is 0. The number of amides is 2. The number of carbonyl (C=O) groups excluding carboxylic acids is 2. The van der Waals surface area contributed by atoms with Crippen LogP contribution in [-0.4, -0.2) is 21.8 Å². The molecule has 0 bridgehead atoms. The monoisotopic (exact) mass is 462 g/mol. The van der Waals surface area contributed by atoms with Gasteiger partial charge in [-0.15, -0.1) is 0 Å². The van der Waals surface area contributed by atoms with E-state index in [0.717, 1.165) is 20.9 Å². The Morgan fingerprint density at radius 2 is 1.87 bits per heavy atom. The van der Waals surface area contributed by atoms with Crippen molar-refractivity contribution in [1.82, 2.24) is 9.97 Å². The van der Waals surface area contributed by atoms with Crippen molar-refractivity contribution >= 4 is 50.2 Å². The zero-order valence-electron chi connectivity index (χ0n) is 16.0. The second-order valence-corrected chi connectivity index (χ2v) is 7.72. The number of hydrogen-bond donors (Lipinski definition) is 3. The molecule has 0 aliphatic heterocycles. The van der Waals surface area contributed by atoms with Gasteiger partial charge in [0.25, 0.3) is 5.91 Å². The highest BCUT2D eigenvalue weighted by Crippen LogP contribution is 2.20. The number of para-hydroxylation sites is 1. The highest BCUT2D eigenvalue weighted by atomic mass is 79.9. The van der Waals surface area contributed by atoms with Crippen LogP contribution < -0.4 is 10.6 Å². The number of halogens is 1. The lowest BCUT2D eigenvalue weighted by Crippen LogP contribution is -2.15. The molecule has 0 spiro atoms. The largest absolute Gasteiger partial charge is 0.361 e. The second-order valence-electron chi connectivity index (χ2n) is 6.80. The molecule has 2 aromatic heterocycles. The third-order valence-electron chi connectivity index (χ3n) is 4.67. The van der Waals surface area contributed by atoms with Crippen molar-refractivity contribution in [3.8, 4) is 0 Å². The van der Waals surface area contributed by atoms with Gasteiger partial charge in [-0.2, -0.15) is 0 Å². The van der Waals surface area contributed by atoms with Crippen molar-refractivity contribution in [2.75, 3.05) is 10.6 Å². The van der Waals surface area contributed by atoms with Crippen molar-refractivity contribution in [3.63, 3.8) is 0 Å². The van der Waals surface area contributed by atoms with Gasteiger partial charge >= 0.3 is 0 Å². The first-order valence-electron chi connectivity index (χ1n) is 9.46. The van der Waals surface area contributed by atoms with Crippen molar-refractivity contribution < 1.29 is 9.59 Å². The van der Waals surface area contributed by atoms with E-state index in [1.807, 2.05) is 30.5 Å². The molecule has 0 atom stereocenters. The first-order chi connectivity index (χ1) is 14.6. The molecule has 2 heterocycles. The molecular weight excluding hydrogens is 444 g/mol. The summed E-state index contributed by atoms with van der Waals surface area (Å²) in [6.07, 6.45) is 4.53. The molecule has 6 nitrogen and oxygen atoms in total. The Balaban J connectivity index is 1.37. The van der Waals surface area contributed by atoms with E-state index in [1.54, 1.807) is 42.6 Å². The normalized spacial score (nSPS) is 10.7. The maximum absolute atomic E-state index is 12.5. The van der Waals surface area contributed by atoms with Gasteiger partial charge in [-0.25, -0.2) is 4.98 Å². The first kappa shape index (κ1) is 19.8. The number of anilines is 2. The van der Waals surface area contributed by atoms with Gasteiger partial charge in [0.15, 0.2) is 0 Å². The Morgan fingerprint density at radius 1 is 1.00 bits per heavy atom. The minimum Gasteiger partial charge on any atom is -0.361 e. The zero-order valence-corrected chi connectivity index (χ0v) is 17.6. The van der Waals surface area contributed by atoms with Gasteiger partial charge in [-0.3, -0.25) is 9.59 Å². The number of carbonyl (C=O) groups is 2. The van der Waals surface area contributed by atoms with Crippen LogP contribution in [0, 0.1) is 0 Å². The molecule has 30 heavy (non-hydrogen) atoms. The van der Waals surface area contributed by atoms with Crippen molar-refractivity contribution in [3.05, 3.63) is 88.7 Å². The molecule has 4 aromatic rings. The van der Waals surface area contributed by atoms with E-state index in [2.05, 4.69) is 36.5 Å². The number of benzene rings is 2. The number of nitrogens with one attached hydrogen (secondary N) is 3. The highest BCUT2D eigenvalue weighted by Gasteiger charge is 2.10. The van der Waals surface area contributed by atoms with Gasteiger partial charge in [-0.1, -0.05) is 24.3 Å². The third kappa shape index (κ3) is 4.75. The topological polar surface area (TPSA) is 86.9 Å². The molecule has 2 amide bonds. The standard InChI is InChI=1S/C23H19BrN4O2/c24-17-9-10-21(26-14-17)28-23(30)15-4-3-5-18(12-15)27-22(29)11-8-16-13-25-20-7-2-1-6-19(16)20/h1-7,9-10,12-14,25H,8,11H2,(H,27,29)(H,26,28,30). The van der Waals surface area contributed by atoms with E-state index in [-0.39, 0.29) is 11.8 Å². The predicted molar refractivity (Wildman–Crippen MR) is 122 cm³/mol. The van der Waals surface area contributed by atoms with Crippen LogP contribution in [0.1, 0.15) is 22.3 Å². The third-order valence-corrected chi connectivity index (χ3v) is 5.14. The van der Waals surface area contributed by atoms with Gasteiger partial charge in [0.1, 0.15) is 5.82 Å². The lowest BCUT2D eigenvalue weighted by atomic mass is 10.1. The number of aryl methyl sites for hydroxylation is 1. The van der Waals surface area contributed by atoms with E-state index in [4.69, 9.17) is 0 Å². The summed E-state index contributed by atoms with van der Waals surface area (Å²) in [5.41, 5.74) is 3.19. The van der Waals surface area contributed by atoms with E-state index >= 15 is 0 Å². The fraction of sp³-hybridized carbons (Fsp3) is 0.0870. The van der Waals surface area contributed by atoms with Crippen LogP contribution in [0.5, 0.6) is 0 Å². The van der Waals surface area contributed by atoms with Gasteiger partial charge in [0, 0.05) is 45.4 Å². The molecule has 2 aromatic carbocycles. The van der Waals surface area contributed by atoms with Gasteiger partial charge in [0.05, 0.1) is 0 Å². The molecule has 0 saturated heterocycles. The molecule has 150 valence electrons. The summed E-state index contributed by atoms with van der Waals surface area (Å²) in [5.74, 6) is 0.0588.